The third-order valence-electron chi connectivity index (χ3n) is 4.48. The first-order valence-electron chi connectivity index (χ1n) is 10.2. The van der Waals surface area contributed by atoms with Gasteiger partial charge in [0.1, 0.15) is 17.8 Å². The average Bonchev–Trinajstić information content (AvgIpc) is 2.75. The first-order valence-corrected chi connectivity index (χ1v) is 10.2. The second kappa shape index (κ2) is 13.5. The summed E-state index contributed by atoms with van der Waals surface area (Å²) in [6.07, 6.45) is 0.617. The van der Waals surface area contributed by atoms with E-state index in [2.05, 4.69) is 20.9 Å². The van der Waals surface area contributed by atoms with Crippen LogP contribution in [0.15, 0.2) is 29.3 Å². The molecule has 13 heteroatoms. The molecule has 1 aromatic rings. The van der Waals surface area contributed by atoms with E-state index in [0.29, 0.717) is 6.42 Å². The number of aliphatic carboxylic acids is 1. The smallest absolute Gasteiger partial charge is 0.326 e. The quantitative estimate of drug-likeness (QED) is 0.0872. The molecule has 13 nitrogen and oxygen atoms in total. The molecule has 1 aromatic carbocycles. The minimum atomic E-state index is -1.23. The van der Waals surface area contributed by atoms with Gasteiger partial charge in [0.15, 0.2) is 5.96 Å². The number of guanidine groups is 1. The molecule has 11 N–H and O–H groups in total. The van der Waals surface area contributed by atoms with Crippen molar-refractivity contribution in [3.8, 4) is 5.75 Å². The van der Waals surface area contributed by atoms with E-state index < -0.39 is 48.4 Å². The van der Waals surface area contributed by atoms with Crippen molar-refractivity contribution in [1.82, 2.24) is 16.0 Å². The molecule has 0 aromatic heterocycles. The van der Waals surface area contributed by atoms with Gasteiger partial charge in [-0.25, -0.2) is 4.79 Å². The molecule has 0 aliphatic heterocycles. The van der Waals surface area contributed by atoms with Crippen LogP contribution < -0.4 is 33.2 Å². The summed E-state index contributed by atoms with van der Waals surface area (Å²) >= 11 is 0. The molecule has 0 spiro atoms. The van der Waals surface area contributed by atoms with Gasteiger partial charge < -0.3 is 43.4 Å². The fourth-order valence-corrected chi connectivity index (χ4v) is 2.69. The average molecular weight is 466 g/mol. The molecule has 0 heterocycles. The highest BCUT2D eigenvalue weighted by Crippen LogP contribution is 2.10. The predicted octanol–water partition coefficient (Wildman–Crippen LogP) is -2.49. The van der Waals surface area contributed by atoms with Crippen LogP contribution in [0.25, 0.3) is 0 Å². The number of amides is 3. The van der Waals surface area contributed by atoms with Crippen molar-refractivity contribution in [3.63, 3.8) is 0 Å². The summed E-state index contributed by atoms with van der Waals surface area (Å²) in [5.41, 5.74) is 16.9. The molecule has 33 heavy (non-hydrogen) atoms. The van der Waals surface area contributed by atoms with Gasteiger partial charge in [-0.2, -0.15) is 0 Å². The van der Waals surface area contributed by atoms with Crippen molar-refractivity contribution in [2.45, 2.75) is 44.3 Å². The number of rotatable bonds is 13. The monoisotopic (exact) mass is 465 g/mol. The Morgan fingerprint density at radius 1 is 1.06 bits per heavy atom. The number of hydrogen-bond donors (Lipinski definition) is 8. The van der Waals surface area contributed by atoms with Gasteiger partial charge in [-0.15, -0.1) is 0 Å². The second-order valence-electron chi connectivity index (χ2n) is 7.33. The van der Waals surface area contributed by atoms with Crippen molar-refractivity contribution in [2.75, 3.05) is 13.1 Å². The highest BCUT2D eigenvalue weighted by Gasteiger charge is 2.24. The first kappa shape index (κ1) is 27.2. The number of benzene rings is 1. The summed E-state index contributed by atoms with van der Waals surface area (Å²) in [4.78, 5) is 51.4. The Balaban J connectivity index is 2.43. The molecule has 0 radical (unpaired) electrons. The lowest BCUT2D eigenvalue weighted by atomic mass is 10.1. The summed E-state index contributed by atoms with van der Waals surface area (Å²) in [5, 5.41) is 25.6. The Kier molecular flexibility index (Phi) is 11.1. The number of carboxylic acid groups (broad SMARTS) is 1. The summed E-state index contributed by atoms with van der Waals surface area (Å²) < 4.78 is 0. The zero-order valence-corrected chi connectivity index (χ0v) is 18.3. The van der Waals surface area contributed by atoms with Gasteiger partial charge in [0.2, 0.25) is 17.7 Å². The lowest BCUT2D eigenvalue weighted by Crippen LogP contribution is -2.52. The molecule has 0 bridgehead atoms. The minimum Gasteiger partial charge on any atom is -0.508 e. The third-order valence-corrected chi connectivity index (χ3v) is 4.48. The number of carbonyl (C=O) groups is 4. The maximum Gasteiger partial charge on any atom is 0.326 e. The molecule has 0 aliphatic carbocycles. The van der Waals surface area contributed by atoms with Crippen LogP contribution in [-0.2, 0) is 25.6 Å². The van der Waals surface area contributed by atoms with Crippen LogP contribution in [0.3, 0.4) is 0 Å². The Morgan fingerprint density at radius 2 is 1.70 bits per heavy atom. The summed E-state index contributed by atoms with van der Waals surface area (Å²) in [6.45, 7) is 1.17. The molecule has 1 rings (SSSR count). The predicted molar refractivity (Wildman–Crippen MR) is 120 cm³/mol. The van der Waals surface area contributed by atoms with Gasteiger partial charge in [0.05, 0.1) is 12.6 Å². The maximum atomic E-state index is 12.2. The highest BCUT2D eigenvalue weighted by molar-refractivity contribution is 5.92. The minimum absolute atomic E-state index is 0.0900. The van der Waals surface area contributed by atoms with Crippen LogP contribution in [0, 0.1) is 0 Å². The zero-order chi connectivity index (χ0) is 25.0. The molecule has 182 valence electrons. The standard InChI is InChI=1S/C20H31N7O6/c1-11(17(30)27-15(19(32)33)3-2-8-24-20(22)23)26-16(29)10-25-18(31)14(21)9-12-4-6-13(28)7-5-12/h4-7,11,14-15,28H,2-3,8-10,21H2,1H3,(H,25,31)(H,26,29)(H,27,30)(H,32,33)(H4,22,23,24). The fourth-order valence-electron chi connectivity index (χ4n) is 2.69. The van der Waals surface area contributed by atoms with Crippen molar-refractivity contribution in [2.24, 2.45) is 22.2 Å². The van der Waals surface area contributed by atoms with E-state index in [1.165, 1.54) is 19.1 Å². The van der Waals surface area contributed by atoms with E-state index in [4.69, 9.17) is 17.2 Å². The van der Waals surface area contributed by atoms with E-state index in [1.807, 2.05) is 0 Å². The number of hydrogen-bond acceptors (Lipinski definition) is 7. The SMILES string of the molecule is CC(NC(=O)CNC(=O)C(N)Cc1ccc(O)cc1)C(=O)NC(CCCN=C(N)N)C(=O)O. The van der Waals surface area contributed by atoms with Crippen LogP contribution in [0.4, 0.5) is 0 Å². The molecule has 0 fully saturated rings. The number of carboxylic acids is 1. The lowest BCUT2D eigenvalue weighted by molar-refractivity contribution is -0.142. The second-order valence-corrected chi connectivity index (χ2v) is 7.33. The van der Waals surface area contributed by atoms with Crippen LogP contribution in [0.5, 0.6) is 5.75 Å². The zero-order valence-electron chi connectivity index (χ0n) is 18.3. The summed E-state index contributed by atoms with van der Waals surface area (Å²) in [7, 11) is 0. The van der Waals surface area contributed by atoms with Gasteiger partial charge >= 0.3 is 5.97 Å². The maximum absolute atomic E-state index is 12.2. The molecule has 3 amide bonds. The number of nitrogens with two attached hydrogens (primary N) is 3. The van der Waals surface area contributed by atoms with E-state index in [-0.39, 0.29) is 31.1 Å². The van der Waals surface area contributed by atoms with Gasteiger partial charge in [-0.05, 0) is 43.9 Å². The number of phenolic OH excluding ortho intramolecular Hbond substituents is 1. The van der Waals surface area contributed by atoms with Crippen LogP contribution in [0.1, 0.15) is 25.3 Å². The molecule has 0 aliphatic rings. The first-order chi connectivity index (χ1) is 15.5. The number of nitrogens with zero attached hydrogens (tertiary/aromatic N) is 1. The van der Waals surface area contributed by atoms with Gasteiger partial charge in [-0.1, -0.05) is 12.1 Å². The highest BCUT2D eigenvalue weighted by atomic mass is 16.4. The van der Waals surface area contributed by atoms with Gasteiger partial charge in [-0.3, -0.25) is 19.4 Å². The molecule has 0 saturated carbocycles. The van der Waals surface area contributed by atoms with Crippen molar-refractivity contribution < 1.29 is 29.4 Å². The van der Waals surface area contributed by atoms with Crippen molar-refractivity contribution >= 4 is 29.7 Å². The Morgan fingerprint density at radius 3 is 2.27 bits per heavy atom. The number of aliphatic imine (C=N–C) groups is 1. The van der Waals surface area contributed by atoms with Crippen LogP contribution >= 0.6 is 0 Å². The molecular weight excluding hydrogens is 434 g/mol. The molecule has 3 atom stereocenters. The summed E-state index contributed by atoms with van der Waals surface area (Å²) in [6, 6.07) is 3.06. The third kappa shape index (κ3) is 10.8. The van der Waals surface area contributed by atoms with Crippen molar-refractivity contribution in [3.05, 3.63) is 29.8 Å². The number of carbonyl (C=O) groups excluding carboxylic acids is 3. The van der Waals surface area contributed by atoms with E-state index in [0.717, 1.165) is 5.56 Å². The van der Waals surface area contributed by atoms with Gasteiger partial charge in [0, 0.05) is 6.54 Å². The Labute approximate surface area is 190 Å². The number of nitrogens with one attached hydrogen (secondary N) is 3. The normalized spacial score (nSPS) is 13.2. The van der Waals surface area contributed by atoms with Crippen LogP contribution in [-0.4, -0.2) is 71.1 Å². The van der Waals surface area contributed by atoms with Crippen molar-refractivity contribution in [1.29, 1.82) is 0 Å². The van der Waals surface area contributed by atoms with Gasteiger partial charge in [0.25, 0.3) is 0 Å². The molecule has 0 saturated heterocycles. The Hall–Kier alpha value is -3.87. The molecule has 3 unspecified atom stereocenters. The number of aromatic hydroxyl groups is 1. The topological polar surface area (TPSA) is 235 Å². The van der Waals surface area contributed by atoms with E-state index in [1.54, 1.807) is 12.1 Å². The Bertz CT molecular complexity index is 855. The summed E-state index contributed by atoms with van der Waals surface area (Å²) in [5.74, 6) is -3.18. The van der Waals surface area contributed by atoms with E-state index in [9.17, 15) is 29.4 Å². The lowest BCUT2D eigenvalue weighted by Gasteiger charge is -2.19. The van der Waals surface area contributed by atoms with Crippen LogP contribution in [0.2, 0.25) is 0 Å². The van der Waals surface area contributed by atoms with E-state index >= 15 is 0 Å². The number of phenols is 1. The molecular formula is C20H31N7O6. The largest absolute Gasteiger partial charge is 0.508 e. The fraction of sp³-hybridized carbons (Fsp3) is 0.450.